The van der Waals surface area contributed by atoms with E-state index in [9.17, 15) is 9.00 Å². The summed E-state index contributed by atoms with van der Waals surface area (Å²) in [6, 6.07) is 4.74. The van der Waals surface area contributed by atoms with Crippen molar-refractivity contribution >= 4 is 32.7 Å². The Bertz CT molecular complexity index is 483. The van der Waals surface area contributed by atoms with E-state index in [0.29, 0.717) is 23.9 Å². The van der Waals surface area contributed by atoms with E-state index < -0.39 is 16.8 Å². The Morgan fingerprint density at radius 2 is 2.33 bits per heavy atom. The topological polar surface area (TPSA) is 63.6 Å². The van der Waals surface area contributed by atoms with Crippen molar-refractivity contribution in [1.29, 1.82) is 0 Å². The summed E-state index contributed by atoms with van der Waals surface area (Å²) >= 11 is 3.27. The Balaban J connectivity index is 2.22. The molecule has 6 heteroatoms. The highest BCUT2D eigenvalue weighted by Crippen LogP contribution is 2.23. The molecule has 0 bridgehead atoms. The molecule has 0 amide bonds. The molecule has 1 saturated heterocycles. The van der Waals surface area contributed by atoms with Gasteiger partial charge in [0.2, 0.25) is 0 Å². The SMILES string of the molecule is O=C(O)c1ccc(Br)cc1S(=O)CC1CCOC1. The van der Waals surface area contributed by atoms with E-state index in [2.05, 4.69) is 15.9 Å². The van der Waals surface area contributed by atoms with E-state index in [1.807, 2.05) is 0 Å². The fourth-order valence-corrected chi connectivity index (χ4v) is 3.92. The second-order valence-corrected chi connectivity index (χ2v) is 6.57. The van der Waals surface area contributed by atoms with Gasteiger partial charge in [0.15, 0.2) is 0 Å². The number of carboxylic acid groups (broad SMARTS) is 1. The van der Waals surface area contributed by atoms with Gasteiger partial charge >= 0.3 is 5.97 Å². The normalized spacial score (nSPS) is 20.8. The largest absolute Gasteiger partial charge is 0.478 e. The minimum atomic E-state index is -1.31. The number of ether oxygens (including phenoxy) is 1. The molecule has 0 aromatic heterocycles. The van der Waals surface area contributed by atoms with Crippen LogP contribution in [0, 0.1) is 5.92 Å². The number of hydrogen-bond donors (Lipinski definition) is 1. The molecule has 1 aliphatic rings. The lowest BCUT2D eigenvalue weighted by Crippen LogP contribution is -2.14. The van der Waals surface area contributed by atoms with Crippen molar-refractivity contribution < 1.29 is 18.8 Å². The van der Waals surface area contributed by atoms with E-state index in [0.717, 1.165) is 10.9 Å². The molecule has 0 saturated carbocycles. The molecule has 18 heavy (non-hydrogen) atoms. The van der Waals surface area contributed by atoms with Crippen molar-refractivity contribution in [3.8, 4) is 0 Å². The quantitative estimate of drug-likeness (QED) is 0.918. The predicted molar refractivity (Wildman–Crippen MR) is 71.3 cm³/mol. The van der Waals surface area contributed by atoms with Crippen LogP contribution in [-0.4, -0.2) is 34.3 Å². The van der Waals surface area contributed by atoms with Crippen LogP contribution in [0.1, 0.15) is 16.8 Å². The van der Waals surface area contributed by atoms with E-state index in [1.54, 1.807) is 12.1 Å². The first-order chi connectivity index (χ1) is 8.58. The average Bonchev–Trinajstić information content (AvgIpc) is 2.81. The Hall–Kier alpha value is -0.720. The van der Waals surface area contributed by atoms with Crippen molar-refractivity contribution in [2.75, 3.05) is 19.0 Å². The van der Waals surface area contributed by atoms with Crippen LogP contribution in [0.4, 0.5) is 0 Å². The van der Waals surface area contributed by atoms with Gasteiger partial charge in [0.05, 0.1) is 27.9 Å². The molecule has 2 rings (SSSR count). The molecule has 0 radical (unpaired) electrons. The summed E-state index contributed by atoms with van der Waals surface area (Å²) in [4.78, 5) is 11.5. The van der Waals surface area contributed by atoms with Gasteiger partial charge in [-0.15, -0.1) is 0 Å². The van der Waals surface area contributed by atoms with Gasteiger partial charge in [-0.05, 0) is 30.5 Å². The zero-order valence-corrected chi connectivity index (χ0v) is 12.0. The van der Waals surface area contributed by atoms with Crippen LogP contribution in [-0.2, 0) is 15.5 Å². The predicted octanol–water partition coefficient (Wildman–Crippen LogP) is 2.29. The summed E-state index contributed by atoms with van der Waals surface area (Å²) in [6.07, 6.45) is 0.891. The number of rotatable bonds is 4. The van der Waals surface area contributed by atoms with Crippen LogP contribution < -0.4 is 0 Å². The highest BCUT2D eigenvalue weighted by atomic mass is 79.9. The first kappa shape index (κ1) is 13.7. The van der Waals surface area contributed by atoms with E-state index in [-0.39, 0.29) is 11.5 Å². The Morgan fingerprint density at radius 3 is 2.94 bits per heavy atom. The van der Waals surface area contributed by atoms with Crippen LogP contribution in [0.5, 0.6) is 0 Å². The molecule has 1 N–H and O–H groups in total. The molecule has 4 nitrogen and oxygen atoms in total. The lowest BCUT2D eigenvalue weighted by Gasteiger charge is -2.10. The number of benzene rings is 1. The van der Waals surface area contributed by atoms with Gasteiger partial charge in [-0.2, -0.15) is 0 Å². The third kappa shape index (κ3) is 3.18. The zero-order chi connectivity index (χ0) is 13.1. The number of halogens is 1. The maximum atomic E-state index is 12.2. The summed E-state index contributed by atoms with van der Waals surface area (Å²) in [5.41, 5.74) is 0.107. The molecule has 1 fully saturated rings. The molecule has 2 unspecified atom stereocenters. The van der Waals surface area contributed by atoms with Crippen LogP contribution in [0.25, 0.3) is 0 Å². The second-order valence-electron chi connectivity index (χ2n) is 4.19. The van der Waals surface area contributed by atoms with Crippen molar-refractivity contribution in [3.05, 3.63) is 28.2 Å². The Labute approximate surface area is 116 Å². The first-order valence-corrected chi connectivity index (χ1v) is 7.68. The smallest absolute Gasteiger partial charge is 0.336 e. The Morgan fingerprint density at radius 1 is 1.56 bits per heavy atom. The van der Waals surface area contributed by atoms with Crippen molar-refractivity contribution in [2.24, 2.45) is 5.92 Å². The van der Waals surface area contributed by atoms with Crippen molar-refractivity contribution in [3.63, 3.8) is 0 Å². The third-order valence-electron chi connectivity index (χ3n) is 2.83. The highest BCUT2D eigenvalue weighted by molar-refractivity contribution is 9.10. The summed E-state index contributed by atoms with van der Waals surface area (Å²) < 4.78 is 18.2. The third-order valence-corrected chi connectivity index (χ3v) is 4.93. The number of carboxylic acids is 1. The van der Waals surface area contributed by atoms with Gasteiger partial charge in [-0.1, -0.05) is 15.9 Å². The summed E-state index contributed by atoms with van der Waals surface area (Å²) in [5.74, 6) is -0.337. The maximum absolute atomic E-state index is 12.2. The van der Waals surface area contributed by atoms with Crippen molar-refractivity contribution in [2.45, 2.75) is 11.3 Å². The fourth-order valence-electron chi connectivity index (χ4n) is 1.88. The molecular weight excluding hydrogens is 320 g/mol. The van der Waals surface area contributed by atoms with Crippen LogP contribution in [0.15, 0.2) is 27.6 Å². The first-order valence-electron chi connectivity index (χ1n) is 5.57. The number of aromatic carboxylic acids is 1. The average molecular weight is 333 g/mol. The van der Waals surface area contributed by atoms with Gasteiger partial charge in [-0.3, -0.25) is 4.21 Å². The van der Waals surface area contributed by atoms with Crippen molar-refractivity contribution in [1.82, 2.24) is 0 Å². The molecule has 0 aliphatic carbocycles. The van der Waals surface area contributed by atoms with E-state index in [4.69, 9.17) is 9.84 Å². The monoisotopic (exact) mass is 332 g/mol. The van der Waals surface area contributed by atoms with Gasteiger partial charge in [0.25, 0.3) is 0 Å². The standard InChI is InChI=1S/C12H13BrO4S/c13-9-1-2-10(12(14)15)11(5-9)18(16)7-8-3-4-17-6-8/h1-2,5,8H,3-4,6-7H2,(H,14,15). The van der Waals surface area contributed by atoms with E-state index in [1.165, 1.54) is 6.07 Å². The fraction of sp³-hybridized carbons (Fsp3) is 0.417. The molecular formula is C12H13BrO4S. The lowest BCUT2D eigenvalue weighted by atomic mass is 10.2. The van der Waals surface area contributed by atoms with Gasteiger partial charge < -0.3 is 9.84 Å². The second kappa shape index (κ2) is 5.95. The van der Waals surface area contributed by atoms with Crippen LogP contribution in [0.2, 0.25) is 0 Å². The van der Waals surface area contributed by atoms with E-state index >= 15 is 0 Å². The molecule has 98 valence electrons. The van der Waals surface area contributed by atoms with Gasteiger partial charge in [-0.25, -0.2) is 4.79 Å². The van der Waals surface area contributed by atoms with Gasteiger partial charge in [0, 0.05) is 16.8 Å². The Kier molecular flexibility index (Phi) is 4.53. The van der Waals surface area contributed by atoms with Crippen LogP contribution in [0.3, 0.4) is 0 Å². The summed E-state index contributed by atoms with van der Waals surface area (Å²) in [6.45, 7) is 1.31. The molecule has 0 spiro atoms. The van der Waals surface area contributed by atoms with Gasteiger partial charge in [0.1, 0.15) is 0 Å². The highest BCUT2D eigenvalue weighted by Gasteiger charge is 2.22. The lowest BCUT2D eigenvalue weighted by molar-refractivity contribution is 0.0693. The maximum Gasteiger partial charge on any atom is 0.336 e. The zero-order valence-electron chi connectivity index (χ0n) is 9.60. The molecule has 1 aromatic carbocycles. The summed E-state index contributed by atoms with van der Waals surface area (Å²) in [7, 11) is -1.31. The van der Waals surface area contributed by atoms with Crippen LogP contribution >= 0.6 is 15.9 Å². The summed E-state index contributed by atoms with van der Waals surface area (Å²) in [5, 5.41) is 9.09. The molecule has 1 aromatic rings. The number of hydrogen-bond acceptors (Lipinski definition) is 3. The molecule has 2 atom stereocenters. The minimum Gasteiger partial charge on any atom is -0.478 e. The molecule has 1 heterocycles. The molecule has 1 aliphatic heterocycles. The minimum absolute atomic E-state index is 0.107. The number of carbonyl (C=O) groups is 1.